The van der Waals surface area contributed by atoms with Gasteiger partial charge in [0.25, 0.3) is 0 Å². The summed E-state index contributed by atoms with van der Waals surface area (Å²) in [7, 11) is 0. The quantitative estimate of drug-likeness (QED) is 0.508. The van der Waals surface area contributed by atoms with Gasteiger partial charge in [-0.05, 0) is 61.6 Å². The Morgan fingerprint density at radius 3 is 2.97 bits per heavy atom. The highest BCUT2D eigenvalue weighted by Crippen LogP contribution is 2.26. The van der Waals surface area contributed by atoms with Gasteiger partial charge in [-0.15, -0.1) is 11.3 Å². The second-order valence-electron chi connectivity index (χ2n) is 7.35. The predicted octanol–water partition coefficient (Wildman–Crippen LogP) is 4.09. The summed E-state index contributed by atoms with van der Waals surface area (Å²) in [6.07, 6.45) is 4.46. The van der Waals surface area contributed by atoms with Crippen LogP contribution in [0, 0.1) is 0 Å². The molecule has 0 saturated heterocycles. The maximum absolute atomic E-state index is 12.0. The molecule has 0 unspecified atom stereocenters. The van der Waals surface area contributed by atoms with Crippen molar-refractivity contribution in [2.45, 2.75) is 38.5 Å². The van der Waals surface area contributed by atoms with Crippen LogP contribution in [0.5, 0.6) is 5.75 Å². The predicted molar refractivity (Wildman–Crippen MR) is 119 cm³/mol. The summed E-state index contributed by atoms with van der Waals surface area (Å²) in [5, 5.41) is 6.90. The van der Waals surface area contributed by atoms with Crippen molar-refractivity contribution in [2.75, 3.05) is 18.5 Å². The van der Waals surface area contributed by atoms with Crippen LogP contribution >= 0.6 is 11.3 Å². The van der Waals surface area contributed by atoms with Gasteiger partial charge in [0.1, 0.15) is 12.4 Å². The molecule has 0 bridgehead atoms. The molecule has 1 aliphatic heterocycles. The van der Waals surface area contributed by atoms with Crippen LogP contribution in [0.2, 0.25) is 0 Å². The maximum Gasteiger partial charge on any atom is 0.224 e. The maximum atomic E-state index is 12.0. The zero-order valence-corrected chi connectivity index (χ0v) is 17.6. The number of benzene rings is 2. The fourth-order valence-corrected chi connectivity index (χ4v) is 4.50. The van der Waals surface area contributed by atoms with Gasteiger partial charge in [-0.3, -0.25) is 9.59 Å². The van der Waals surface area contributed by atoms with Crippen molar-refractivity contribution in [2.24, 2.45) is 0 Å². The van der Waals surface area contributed by atoms with Crippen LogP contribution in [-0.2, 0) is 22.4 Å². The first-order chi connectivity index (χ1) is 14.7. The summed E-state index contributed by atoms with van der Waals surface area (Å²) in [6, 6.07) is 13.8. The van der Waals surface area contributed by atoms with E-state index < -0.39 is 0 Å². The van der Waals surface area contributed by atoms with Gasteiger partial charge in [0.2, 0.25) is 11.8 Å². The molecular weight excluding hydrogens is 398 g/mol. The van der Waals surface area contributed by atoms with E-state index in [0.29, 0.717) is 26.0 Å². The lowest BCUT2D eigenvalue weighted by Crippen LogP contribution is -2.27. The van der Waals surface area contributed by atoms with Crippen LogP contribution in [0.4, 0.5) is 5.69 Å². The van der Waals surface area contributed by atoms with E-state index >= 15 is 0 Å². The number of thiazole rings is 1. The number of rotatable bonds is 9. The summed E-state index contributed by atoms with van der Waals surface area (Å²) in [6.45, 7) is 0.896. The Hall–Kier alpha value is -2.93. The molecule has 0 saturated carbocycles. The van der Waals surface area contributed by atoms with Crippen LogP contribution in [0.15, 0.2) is 42.5 Å². The van der Waals surface area contributed by atoms with Crippen molar-refractivity contribution in [3.05, 3.63) is 53.0 Å². The molecule has 2 heterocycles. The first-order valence-corrected chi connectivity index (χ1v) is 11.2. The van der Waals surface area contributed by atoms with Crippen molar-refractivity contribution in [1.29, 1.82) is 0 Å². The third-order valence-corrected chi connectivity index (χ3v) is 6.14. The number of fused-ring (bicyclic) bond motifs is 2. The molecule has 2 amide bonds. The second kappa shape index (κ2) is 9.71. The van der Waals surface area contributed by atoms with Crippen LogP contribution in [-0.4, -0.2) is 29.9 Å². The molecule has 2 N–H and O–H groups in total. The Labute approximate surface area is 179 Å². The highest BCUT2D eigenvalue weighted by atomic mass is 32.1. The van der Waals surface area contributed by atoms with Gasteiger partial charge in [0.15, 0.2) is 0 Å². The summed E-state index contributed by atoms with van der Waals surface area (Å²) >= 11 is 1.73. The van der Waals surface area contributed by atoms with E-state index in [1.807, 2.05) is 36.4 Å². The fourth-order valence-electron chi connectivity index (χ4n) is 3.49. The standard InChI is InChI=1S/C23H25N3O3S/c27-21(7-3-4-8-23-26-19-5-1-2-6-20(19)30-23)24-13-14-29-17-10-11-18-16(15-17)9-12-22(28)25-18/h1-2,5-6,10-11,15H,3-4,7-9,12-14H2,(H,24,27)(H,25,28). The molecule has 0 atom stereocenters. The Bertz CT molecular complexity index is 1010. The number of aryl methyl sites for hydroxylation is 2. The fraction of sp³-hybridized carbons (Fsp3) is 0.348. The molecule has 4 rings (SSSR count). The number of anilines is 1. The van der Waals surface area contributed by atoms with Gasteiger partial charge in [-0.1, -0.05) is 12.1 Å². The Morgan fingerprint density at radius 1 is 1.17 bits per heavy atom. The van der Waals surface area contributed by atoms with Crippen LogP contribution in [0.25, 0.3) is 10.2 Å². The smallest absolute Gasteiger partial charge is 0.224 e. The first-order valence-electron chi connectivity index (χ1n) is 10.3. The second-order valence-corrected chi connectivity index (χ2v) is 8.46. The molecule has 0 radical (unpaired) electrons. The molecule has 0 spiro atoms. The van der Waals surface area contributed by atoms with Crippen molar-refractivity contribution in [3.8, 4) is 5.75 Å². The number of hydrogen-bond donors (Lipinski definition) is 2. The lowest BCUT2D eigenvalue weighted by molar-refractivity contribution is -0.121. The van der Waals surface area contributed by atoms with Gasteiger partial charge in [-0.2, -0.15) is 0 Å². The Kier molecular flexibility index (Phi) is 6.59. The molecule has 7 heteroatoms. The number of unbranched alkanes of at least 4 members (excludes halogenated alkanes) is 1. The number of nitrogens with one attached hydrogen (secondary N) is 2. The van der Waals surface area contributed by atoms with Crippen LogP contribution in [0.3, 0.4) is 0 Å². The van der Waals surface area contributed by atoms with Gasteiger partial charge >= 0.3 is 0 Å². The minimum absolute atomic E-state index is 0.0519. The van der Waals surface area contributed by atoms with Crippen LogP contribution < -0.4 is 15.4 Å². The lowest BCUT2D eigenvalue weighted by Gasteiger charge is -2.17. The monoisotopic (exact) mass is 423 g/mol. The van der Waals surface area contributed by atoms with Gasteiger partial charge in [-0.25, -0.2) is 4.98 Å². The number of para-hydroxylation sites is 1. The highest BCUT2D eigenvalue weighted by Gasteiger charge is 2.15. The van der Waals surface area contributed by atoms with Crippen molar-refractivity contribution in [3.63, 3.8) is 0 Å². The molecule has 6 nitrogen and oxygen atoms in total. The normalized spacial score (nSPS) is 13.0. The topological polar surface area (TPSA) is 80.3 Å². The molecule has 3 aromatic rings. The van der Waals surface area contributed by atoms with E-state index in [2.05, 4.69) is 21.7 Å². The van der Waals surface area contributed by atoms with Gasteiger partial charge < -0.3 is 15.4 Å². The molecule has 0 aliphatic carbocycles. The molecule has 0 fully saturated rings. The third kappa shape index (κ3) is 5.36. The van der Waals surface area contributed by atoms with E-state index in [4.69, 9.17) is 4.74 Å². The van der Waals surface area contributed by atoms with Crippen molar-refractivity contribution >= 4 is 39.1 Å². The van der Waals surface area contributed by atoms with E-state index in [0.717, 1.165) is 53.2 Å². The summed E-state index contributed by atoms with van der Waals surface area (Å²) in [5.74, 6) is 0.866. The number of amides is 2. The lowest BCUT2D eigenvalue weighted by atomic mass is 10.0. The summed E-state index contributed by atoms with van der Waals surface area (Å²) in [4.78, 5) is 28.0. The summed E-state index contributed by atoms with van der Waals surface area (Å²) in [5.41, 5.74) is 3.00. The number of ether oxygens (including phenoxy) is 1. The Morgan fingerprint density at radius 2 is 2.07 bits per heavy atom. The zero-order chi connectivity index (χ0) is 20.8. The van der Waals surface area contributed by atoms with Gasteiger partial charge in [0, 0.05) is 18.5 Å². The van der Waals surface area contributed by atoms with E-state index in [-0.39, 0.29) is 11.8 Å². The molecular formula is C23H25N3O3S. The largest absolute Gasteiger partial charge is 0.492 e. The SMILES string of the molecule is O=C(CCCCc1nc2ccccc2s1)NCCOc1ccc2c(c1)CCC(=O)N2. The van der Waals surface area contributed by atoms with Crippen molar-refractivity contribution in [1.82, 2.24) is 10.3 Å². The van der Waals surface area contributed by atoms with E-state index in [1.165, 1.54) is 4.70 Å². The van der Waals surface area contributed by atoms with E-state index in [1.54, 1.807) is 11.3 Å². The minimum Gasteiger partial charge on any atom is -0.492 e. The first kappa shape index (κ1) is 20.3. The number of hydrogen-bond acceptors (Lipinski definition) is 5. The van der Waals surface area contributed by atoms with Crippen LogP contribution in [0.1, 0.15) is 36.3 Å². The highest BCUT2D eigenvalue weighted by molar-refractivity contribution is 7.18. The molecule has 1 aromatic heterocycles. The average molecular weight is 424 g/mol. The number of nitrogens with zero attached hydrogens (tertiary/aromatic N) is 1. The number of carbonyl (C=O) groups is 2. The minimum atomic E-state index is 0.0519. The number of carbonyl (C=O) groups excluding carboxylic acids is 2. The molecule has 1 aliphatic rings. The van der Waals surface area contributed by atoms with Crippen molar-refractivity contribution < 1.29 is 14.3 Å². The molecule has 2 aromatic carbocycles. The third-order valence-electron chi connectivity index (χ3n) is 5.05. The Balaban J connectivity index is 1.11. The average Bonchev–Trinajstić information content (AvgIpc) is 3.17. The molecule has 156 valence electrons. The van der Waals surface area contributed by atoms with Gasteiger partial charge in [0.05, 0.1) is 21.8 Å². The molecule has 30 heavy (non-hydrogen) atoms. The summed E-state index contributed by atoms with van der Waals surface area (Å²) < 4.78 is 6.94. The zero-order valence-electron chi connectivity index (χ0n) is 16.8. The van der Waals surface area contributed by atoms with E-state index in [9.17, 15) is 9.59 Å². The number of aromatic nitrogens is 1.